The average molecular weight is 376 g/mol. The Morgan fingerprint density at radius 3 is 2.70 bits per heavy atom. The molecule has 9 nitrogen and oxygen atoms in total. The Morgan fingerprint density at radius 2 is 2.04 bits per heavy atom. The molecular formula is C18H24N4O5. The van der Waals surface area contributed by atoms with Crippen molar-refractivity contribution >= 4 is 23.9 Å². The topological polar surface area (TPSA) is 102 Å². The number of carbonyl (C=O) groups is 3. The summed E-state index contributed by atoms with van der Waals surface area (Å²) in [5.41, 5.74) is 1.07. The molecule has 0 saturated carbocycles. The summed E-state index contributed by atoms with van der Waals surface area (Å²) in [7, 11) is 1.31. The van der Waals surface area contributed by atoms with E-state index in [1.807, 2.05) is 20.8 Å². The molecule has 3 heterocycles. The number of carbonyl (C=O) groups excluding carboxylic acids is 3. The van der Waals surface area contributed by atoms with Crippen LogP contribution in [-0.4, -0.2) is 58.6 Å². The fraction of sp³-hybridized carbons (Fsp3) is 0.611. The zero-order valence-corrected chi connectivity index (χ0v) is 16.0. The van der Waals surface area contributed by atoms with Crippen LogP contribution in [0.5, 0.6) is 0 Å². The Bertz CT molecular complexity index is 774. The third-order valence-corrected chi connectivity index (χ3v) is 4.47. The number of esters is 1. The molecule has 0 spiro atoms. The van der Waals surface area contributed by atoms with Crippen molar-refractivity contribution in [3.8, 4) is 0 Å². The van der Waals surface area contributed by atoms with Gasteiger partial charge in [-0.15, -0.1) is 0 Å². The van der Waals surface area contributed by atoms with Crippen LogP contribution < -0.4 is 4.90 Å². The first-order valence-corrected chi connectivity index (χ1v) is 8.89. The lowest BCUT2D eigenvalue weighted by Gasteiger charge is -2.31. The van der Waals surface area contributed by atoms with Crippen molar-refractivity contribution < 1.29 is 23.9 Å². The van der Waals surface area contributed by atoms with E-state index in [2.05, 4.69) is 9.97 Å². The normalized spacial score (nSPS) is 19.7. The van der Waals surface area contributed by atoms with Crippen molar-refractivity contribution in [2.75, 3.05) is 25.1 Å². The van der Waals surface area contributed by atoms with Gasteiger partial charge in [0.15, 0.2) is 0 Å². The molecule has 0 aromatic carbocycles. The predicted molar refractivity (Wildman–Crippen MR) is 94.9 cm³/mol. The molecule has 0 radical (unpaired) electrons. The Morgan fingerprint density at radius 1 is 1.30 bits per heavy atom. The minimum atomic E-state index is -0.552. The van der Waals surface area contributed by atoms with Gasteiger partial charge >= 0.3 is 12.1 Å². The second-order valence-corrected chi connectivity index (χ2v) is 7.72. The maximum Gasteiger partial charge on any atom is 0.410 e. The van der Waals surface area contributed by atoms with Gasteiger partial charge in [0.1, 0.15) is 5.60 Å². The van der Waals surface area contributed by atoms with Crippen LogP contribution in [0.1, 0.15) is 38.4 Å². The van der Waals surface area contributed by atoms with Gasteiger partial charge in [0.25, 0.3) is 0 Å². The van der Waals surface area contributed by atoms with Gasteiger partial charge in [-0.05, 0) is 20.8 Å². The van der Waals surface area contributed by atoms with Gasteiger partial charge < -0.3 is 14.4 Å². The maximum absolute atomic E-state index is 12.2. The Balaban J connectivity index is 1.71. The number of fused-ring (bicyclic) bond motifs is 1. The Hall–Kier alpha value is -2.71. The van der Waals surface area contributed by atoms with E-state index in [0.717, 1.165) is 11.3 Å². The number of nitrogens with zero attached hydrogens (tertiary/aromatic N) is 4. The highest BCUT2D eigenvalue weighted by Gasteiger charge is 2.37. The van der Waals surface area contributed by atoms with E-state index in [-0.39, 0.29) is 30.9 Å². The van der Waals surface area contributed by atoms with E-state index >= 15 is 0 Å². The molecule has 1 unspecified atom stereocenters. The van der Waals surface area contributed by atoms with E-state index in [1.165, 1.54) is 12.0 Å². The SMILES string of the molecule is COC(=O)C1CC(=O)N(c2ncc3c(n2)CCN(C(=O)OC(C)(C)C)C3)C1. The van der Waals surface area contributed by atoms with Crippen molar-refractivity contribution in [2.24, 2.45) is 5.92 Å². The van der Waals surface area contributed by atoms with Crippen LogP contribution in [0.25, 0.3) is 0 Å². The summed E-state index contributed by atoms with van der Waals surface area (Å²) in [5.74, 6) is -0.811. The number of methoxy groups -OCH3 is 1. The molecule has 1 atom stereocenters. The van der Waals surface area contributed by atoms with Crippen LogP contribution in [0.3, 0.4) is 0 Å². The molecule has 1 fully saturated rings. The first-order valence-electron chi connectivity index (χ1n) is 8.89. The van der Waals surface area contributed by atoms with Crippen LogP contribution in [0, 0.1) is 5.92 Å². The number of amides is 2. The van der Waals surface area contributed by atoms with Crippen LogP contribution in [0.2, 0.25) is 0 Å². The second kappa shape index (κ2) is 7.13. The number of rotatable bonds is 2. The standard InChI is InChI=1S/C18H24N4O5/c1-18(2,3)27-17(25)21-6-5-13-12(9-21)8-19-16(20-13)22-10-11(7-14(22)23)15(24)26-4/h8,11H,5-7,9-10H2,1-4H3. The third kappa shape index (κ3) is 4.17. The summed E-state index contributed by atoms with van der Waals surface area (Å²) < 4.78 is 10.1. The molecule has 1 aromatic heterocycles. The first kappa shape index (κ1) is 19.1. The summed E-state index contributed by atoms with van der Waals surface area (Å²) in [6.45, 7) is 6.54. The summed E-state index contributed by atoms with van der Waals surface area (Å²) in [5, 5.41) is 0. The van der Waals surface area contributed by atoms with Gasteiger partial charge in [0.2, 0.25) is 11.9 Å². The van der Waals surface area contributed by atoms with Crippen molar-refractivity contribution in [1.29, 1.82) is 0 Å². The predicted octanol–water partition coefficient (Wildman–Crippen LogP) is 1.30. The van der Waals surface area contributed by atoms with Crippen LogP contribution in [-0.2, 0) is 32.0 Å². The fourth-order valence-electron chi connectivity index (χ4n) is 3.14. The van der Waals surface area contributed by atoms with Gasteiger partial charge in [0.05, 0.1) is 25.3 Å². The molecule has 2 aliphatic rings. The molecule has 2 aliphatic heterocycles. The van der Waals surface area contributed by atoms with E-state index in [1.54, 1.807) is 11.1 Å². The maximum atomic E-state index is 12.2. The number of aromatic nitrogens is 2. The van der Waals surface area contributed by atoms with Gasteiger partial charge in [0, 0.05) is 37.7 Å². The molecule has 9 heteroatoms. The van der Waals surface area contributed by atoms with Gasteiger partial charge in [-0.2, -0.15) is 0 Å². The van der Waals surface area contributed by atoms with Gasteiger partial charge in [-0.3, -0.25) is 14.5 Å². The Labute approximate surface area is 157 Å². The lowest BCUT2D eigenvalue weighted by atomic mass is 10.1. The number of anilines is 1. The van der Waals surface area contributed by atoms with Crippen LogP contribution in [0.15, 0.2) is 6.20 Å². The van der Waals surface area contributed by atoms with Gasteiger partial charge in [-0.1, -0.05) is 0 Å². The van der Waals surface area contributed by atoms with E-state index in [0.29, 0.717) is 19.5 Å². The molecule has 0 aliphatic carbocycles. The molecule has 3 rings (SSSR count). The van der Waals surface area contributed by atoms with E-state index in [9.17, 15) is 14.4 Å². The molecule has 1 saturated heterocycles. The Kier molecular flexibility index (Phi) is 5.03. The summed E-state index contributed by atoms with van der Waals surface area (Å²) >= 11 is 0. The van der Waals surface area contributed by atoms with Crippen molar-refractivity contribution in [3.05, 3.63) is 17.5 Å². The van der Waals surface area contributed by atoms with E-state index in [4.69, 9.17) is 9.47 Å². The second-order valence-electron chi connectivity index (χ2n) is 7.72. The van der Waals surface area contributed by atoms with Gasteiger partial charge in [-0.25, -0.2) is 14.8 Å². The average Bonchev–Trinajstić information content (AvgIpc) is 3.00. The number of hydrogen-bond acceptors (Lipinski definition) is 7. The largest absolute Gasteiger partial charge is 0.469 e. The molecule has 146 valence electrons. The third-order valence-electron chi connectivity index (χ3n) is 4.47. The summed E-state index contributed by atoms with van der Waals surface area (Å²) in [4.78, 5) is 47.9. The molecule has 0 N–H and O–H groups in total. The molecule has 27 heavy (non-hydrogen) atoms. The minimum absolute atomic E-state index is 0.0968. The monoisotopic (exact) mass is 376 g/mol. The summed E-state index contributed by atoms with van der Waals surface area (Å²) in [6.07, 6.45) is 1.91. The van der Waals surface area contributed by atoms with Crippen molar-refractivity contribution in [1.82, 2.24) is 14.9 Å². The first-order chi connectivity index (χ1) is 12.7. The molecular weight excluding hydrogens is 352 g/mol. The zero-order chi connectivity index (χ0) is 19.8. The highest BCUT2D eigenvalue weighted by Crippen LogP contribution is 2.26. The molecule has 0 bridgehead atoms. The quantitative estimate of drug-likeness (QED) is 0.717. The highest BCUT2D eigenvalue weighted by molar-refractivity contribution is 5.98. The van der Waals surface area contributed by atoms with Crippen LogP contribution in [0.4, 0.5) is 10.7 Å². The molecule has 2 amide bonds. The van der Waals surface area contributed by atoms with Crippen LogP contribution >= 0.6 is 0 Å². The fourth-order valence-corrected chi connectivity index (χ4v) is 3.14. The zero-order valence-electron chi connectivity index (χ0n) is 16.0. The van der Waals surface area contributed by atoms with Crippen molar-refractivity contribution in [3.63, 3.8) is 0 Å². The number of ether oxygens (including phenoxy) is 2. The van der Waals surface area contributed by atoms with Crippen molar-refractivity contribution in [2.45, 2.75) is 45.8 Å². The minimum Gasteiger partial charge on any atom is -0.469 e. The smallest absolute Gasteiger partial charge is 0.410 e. The highest BCUT2D eigenvalue weighted by atomic mass is 16.6. The summed E-state index contributed by atoms with van der Waals surface area (Å²) in [6, 6.07) is 0. The van der Waals surface area contributed by atoms with E-state index < -0.39 is 17.5 Å². The lowest BCUT2D eigenvalue weighted by Crippen LogP contribution is -2.40. The molecule has 1 aromatic rings. The number of hydrogen-bond donors (Lipinski definition) is 0. The lowest BCUT2D eigenvalue weighted by molar-refractivity contribution is -0.145.